The molecule has 0 aromatic heterocycles. The van der Waals surface area contributed by atoms with Gasteiger partial charge in [0.15, 0.2) is 0 Å². The summed E-state index contributed by atoms with van der Waals surface area (Å²) in [5, 5.41) is 2.44. The minimum absolute atomic E-state index is 0.0192. The molecule has 0 bridgehead atoms. The molecule has 3 amide bonds. The SMILES string of the molecule is O=C1Oc2ccccc2C(=O)/C1=C\N1C(=O)N/C(=C/c2ccccc2Br)C1=O. The number of esters is 1. The molecule has 0 spiro atoms. The number of nitrogens with one attached hydrogen (secondary N) is 1. The number of carbonyl (C=O) groups excluding carboxylic acids is 4. The largest absolute Gasteiger partial charge is 0.422 e. The normalized spacial score (nSPS) is 19.1. The van der Waals surface area contributed by atoms with Gasteiger partial charge in [0, 0.05) is 10.7 Å². The van der Waals surface area contributed by atoms with E-state index in [1.807, 2.05) is 6.07 Å². The first-order valence-corrected chi connectivity index (χ1v) is 8.93. The van der Waals surface area contributed by atoms with Gasteiger partial charge in [-0.3, -0.25) is 9.59 Å². The minimum atomic E-state index is -0.924. The minimum Gasteiger partial charge on any atom is -0.422 e. The number of ketones is 1. The van der Waals surface area contributed by atoms with Crippen LogP contribution in [0.15, 0.2) is 70.5 Å². The van der Waals surface area contributed by atoms with Crippen LogP contribution in [0.4, 0.5) is 4.79 Å². The molecule has 0 atom stereocenters. The Bertz CT molecular complexity index is 1120. The van der Waals surface area contributed by atoms with Crippen LogP contribution in [0.25, 0.3) is 6.08 Å². The number of ether oxygens (including phenoxy) is 1. The van der Waals surface area contributed by atoms with Crippen molar-refractivity contribution in [2.24, 2.45) is 0 Å². The first-order valence-electron chi connectivity index (χ1n) is 8.14. The van der Waals surface area contributed by atoms with E-state index >= 15 is 0 Å². The summed E-state index contributed by atoms with van der Waals surface area (Å²) >= 11 is 3.36. The Morgan fingerprint density at radius 2 is 1.68 bits per heavy atom. The highest BCUT2D eigenvalue weighted by molar-refractivity contribution is 9.10. The summed E-state index contributed by atoms with van der Waals surface area (Å²) in [6.45, 7) is 0. The van der Waals surface area contributed by atoms with Crippen molar-refractivity contribution in [1.29, 1.82) is 0 Å². The molecule has 2 aromatic carbocycles. The fourth-order valence-corrected chi connectivity index (χ4v) is 3.19. The van der Waals surface area contributed by atoms with Crippen LogP contribution in [0.2, 0.25) is 0 Å². The van der Waals surface area contributed by atoms with Crippen LogP contribution in [0.5, 0.6) is 5.75 Å². The number of amides is 3. The number of carbonyl (C=O) groups is 4. The van der Waals surface area contributed by atoms with Crippen LogP contribution in [0.1, 0.15) is 15.9 Å². The maximum atomic E-state index is 12.6. The molecule has 2 aromatic rings. The van der Waals surface area contributed by atoms with E-state index in [1.54, 1.807) is 30.3 Å². The van der Waals surface area contributed by atoms with Crippen LogP contribution >= 0.6 is 15.9 Å². The number of hydrogen-bond acceptors (Lipinski definition) is 5. The summed E-state index contributed by atoms with van der Waals surface area (Å²) in [6, 6.07) is 12.6. The van der Waals surface area contributed by atoms with Crippen molar-refractivity contribution >= 4 is 45.7 Å². The van der Waals surface area contributed by atoms with Crippen molar-refractivity contribution in [2.45, 2.75) is 0 Å². The molecule has 1 fully saturated rings. The number of para-hydroxylation sites is 1. The average molecular weight is 439 g/mol. The number of rotatable bonds is 2. The van der Waals surface area contributed by atoms with Crippen LogP contribution in [0, 0.1) is 0 Å². The first kappa shape index (κ1) is 17.9. The highest BCUT2D eigenvalue weighted by atomic mass is 79.9. The molecule has 0 radical (unpaired) electrons. The molecule has 2 heterocycles. The zero-order valence-electron chi connectivity index (χ0n) is 14.1. The van der Waals surface area contributed by atoms with Gasteiger partial charge in [-0.05, 0) is 29.8 Å². The molecule has 2 aliphatic heterocycles. The van der Waals surface area contributed by atoms with Crippen LogP contribution in [0.3, 0.4) is 0 Å². The number of urea groups is 1. The Hall–Kier alpha value is -3.52. The number of halogens is 1. The zero-order chi connectivity index (χ0) is 19.8. The van der Waals surface area contributed by atoms with Crippen LogP contribution in [-0.2, 0) is 9.59 Å². The van der Waals surface area contributed by atoms with Gasteiger partial charge in [0.25, 0.3) is 5.91 Å². The van der Waals surface area contributed by atoms with E-state index in [-0.39, 0.29) is 17.0 Å². The summed E-state index contributed by atoms with van der Waals surface area (Å²) in [5.41, 5.74) is 0.488. The maximum Gasteiger partial charge on any atom is 0.349 e. The molecule has 7 nitrogen and oxygen atoms in total. The molecule has 0 unspecified atom stereocenters. The number of nitrogens with zero attached hydrogens (tertiary/aromatic N) is 1. The molecule has 138 valence electrons. The summed E-state index contributed by atoms with van der Waals surface area (Å²) in [5.74, 6) is -2.09. The lowest BCUT2D eigenvalue weighted by molar-refractivity contribution is -0.130. The Kier molecular flexibility index (Phi) is 4.40. The number of hydrogen-bond donors (Lipinski definition) is 1. The van der Waals surface area contributed by atoms with E-state index in [1.165, 1.54) is 18.2 Å². The first-order chi connectivity index (χ1) is 13.5. The summed E-state index contributed by atoms with van der Waals surface area (Å²) in [7, 11) is 0. The molecule has 0 saturated carbocycles. The van der Waals surface area contributed by atoms with Crippen molar-refractivity contribution in [1.82, 2.24) is 10.2 Å². The quantitative estimate of drug-likeness (QED) is 0.255. The van der Waals surface area contributed by atoms with E-state index in [2.05, 4.69) is 21.2 Å². The van der Waals surface area contributed by atoms with Crippen LogP contribution < -0.4 is 10.1 Å². The van der Waals surface area contributed by atoms with Gasteiger partial charge in [-0.1, -0.05) is 46.3 Å². The second-order valence-corrected chi connectivity index (χ2v) is 6.80. The molecule has 0 aliphatic carbocycles. The van der Waals surface area contributed by atoms with Gasteiger partial charge in [0.2, 0.25) is 5.78 Å². The Labute approximate surface area is 167 Å². The van der Waals surface area contributed by atoms with Crippen molar-refractivity contribution in [3.8, 4) is 5.75 Å². The maximum absolute atomic E-state index is 12.6. The molecular weight excluding hydrogens is 428 g/mol. The molecule has 28 heavy (non-hydrogen) atoms. The topological polar surface area (TPSA) is 92.8 Å². The fraction of sp³-hybridized carbons (Fsp3) is 0. The fourth-order valence-electron chi connectivity index (χ4n) is 2.79. The highest BCUT2D eigenvalue weighted by Gasteiger charge is 2.37. The standard InChI is InChI=1S/C20H11BrN2O5/c21-14-7-3-1-5-11(14)9-15-18(25)23(20(27)22-15)10-13-17(24)12-6-2-4-8-16(12)28-19(13)26/h1-10H,(H,22,27)/b13-10+,15-9+. The Balaban J connectivity index is 1.68. The highest BCUT2D eigenvalue weighted by Crippen LogP contribution is 2.28. The van der Waals surface area contributed by atoms with Gasteiger partial charge in [-0.25, -0.2) is 14.5 Å². The summed E-state index contributed by atoms with van der Waals surface area (Å²) < 4.78 is 5.86. The van der Waals surface area contributed by atoms with E-state index < -0.39 is 29.3 Å². The number of Topliss-reactive ketones (excluding diaryl/α,β-unsaturated/α-hetero) is 1. The van der Waals surface area contributed by atoms with E-state index in [4.69, 9.17) is 4.74 Å². The molecule has 1 saturated heterocycles. The van der Waals surface area contributed by atoms with Gasteiger partial charge < -0.3 is 10.1 Å². The van der Waals surface area contributed by atoms with Crippen molar-refractivity contribution in [3.63, 3.8) is 0 Å². The molecular formula is C20H11BrN2O5. The molecule has 2 aliphatic rings. The number of benzene rings is 2. The lowest BCUT2D eigenvalue weighted by Gasteiger charge is -2.17. The van der Waals surface area contributed by atoms with Crippen molar-refractivity contribution < 1.29 is 23.9 Å². The second kappa shape index (κ2) is 6.90. The van der Waals surface area contributed by atoms with Crippen LogP contribution in [-0.4, -0.2) is 28.6 Å². The second-order valence-electron chi connectivity index (χ2n) is 5.94. The van der Waals surface area contributed by atoms with E-state index in [0.717, 1.165) is 10.7 Å². The molecule has 4 rings (SSSR count). The van der Waals surface area contributed by atoms with Crippen molar-refractivity contribution in [2.75, 3.05) is 0 Å². The summed E-state index contributed by atoms with van der Waals surface area (Å²) in [6.07, 6.45) is 2.41. The third-order valence-corrected chi connectivity index (χ3v) is 4.89. The monoisotopic (exact) mass is 438 g/mol. The Morgan fingerprint density at radius 3 is 2.46 bits per heavy atom. The van der Waals surface area contributed by atoms with E-state index in [0.29, 0.717) is 10.5 Å². The molecule has 1 N–H and O–H groups in total. The summed E-state index contributed by atoms with van der Waals surface area (Å²) in [4.78, 5) is 50.3. The molecule has 8 heteroatoms. The third-order valence-electron chi connectivity index (χ3n) is 4.17. The van der Waals surface area contributed by atoms with Gasteiger partial charge in [-0.15, -0.1) is 0 Å². The predicted octanol–water partition coefficient (Wildman–Crippen LogP) is 3.03. The lowest BCUT2D eigenvalue weighted by Crippen LogP contribution is -2.31. The number of fused-ring (bicyclic) bond motifs is 1. The third kappa shape index (κ3) is 3.03. The Morgan fingerprint density at radius 1 is 0.964 bits per heavy atom. The smallest absolute Gasteiger partial charge is 0.349 e. The van der Waals surface area contributed by atoms with Gasteiger partial charge in [0.1, 0.15) is 17.0 Å². The van der Waals surface area contributed by atoms with Gasteiger partial charge >= 0.3 is 12.0 Å². The average Bonchev–Trinajstić information content (AvgIpc) is 2.94. The predicted molar refractivity (Wildman–Crippen MR) is 102 cm³/mol. The van der Waals surface area contributed by atoms with Gasteiger partial charge in [-0.2, -0.15) is 0 Å². The van der Waals surface area contributed by atoms with Gasteiger partial charge in [0.05, 0.1) is 5.56 Å². The zero-order valence-corrected chi connectivity index (χ0v) is 15.7. The van der Waals surface area contributed by atoms with Crippen molar-refractivity contribution in [3.05, 3.63) is 81.6 Å². The van der Waals surface area contributed by atoms with E-state index in [9.17, 15) is 19.2 Å². The lowest BCUT2D eigenvalue weighted by atomic mass is 10.0. The number of imide groups is 1.